The van der Waals surface area contributed by atoms with E-state index in [1.54, 1.807) is 12.1 Å². The summed E-state index contributed by atoms with van der Waals surface area (Å²) in [5.41, 5.74) is 0.367. The second kappa shape index (κ2) is 4.86. The van der Waals surface area contributed by atoms with Crippen LogP contribution in [0.3, 0.4) is 0 Å². The third-order valence-electron chi connectivity index (χ3n) is 3.71. The van der Waals surface area contributed by atoms with Crippen molar-refractivity contribution in [3.63, 3.8) is 0 Å². The van der Waals surface area contributed by atoms with E-state index >= 15 is 0 Å². The Balaban J connectivity index is 1.56. The number of nitrogens with zero attached hydrogens (tertiary/aromatic N) is 1. The molecule has 3 atom stereocenters. The molecule has 1 aromatic rings. The number of nitrogens with one attached hydrogen (secondary N) is 1. The van der Waals surface area contributed by atoms with Gasteiger partial charge < -0.3 is 10.1 Å². The molecule has 4 nitrogen and oxygen atoms in total. The van der Waals surface area contributed by atoms with Crippen LogP contribution in [-0.4, -0.2) is 29.6 Å². The molecule has 3 unspecified atom stereocenters. The van der Waals surface area contributed by atoms with Crippen LogP contribution >= 0.6 is 11.6 Å². The van der Waals surface area contributed by atoms with E-state index in [1.165, 1.54) is 12.6 Å². The normalized spacial score (nSPS) is 29.5. The van der Waals surface area contributed by atoms with Crippen molar-refractivity contribution in [2.24, 2.45) is 5.92 Å². The van der Waals surface area contributed by atoms with E-state index in [9.17, 15) is 4.79 Å². The first-order valence-electron chi connectivity index (χ1n) is 6.27. The van der Waals surface area contributed by atoms with Crippen LogP contribution in [0.4, 0.5) is 0 Å². The molecule has 2 aliphatic heterocycles. The van der Waals surface area contributed by atoms with Crippen LogP contribution in [0.2, 0.25) is 5.02 Å². The quantitative estimate of drug-likeness (QED) is 0.911. The Morgan fingerprint density at radius 3 is 3.11 bits per heavy atom. The lowest BCUT2D eigenvalue weighted by molar-refractivity contribution is 0.0871. The van der Waals surface area contributed by atoms with E-state index in [-0.39, 0.29) is 5.91 Å². The van der Waals surface area contributed by atoms with Gasteiger partial charge in [0.2, 0.25) is 0 Å². The number of rotatable bonds is 3. The molecule has 0 aromatic carbocycles. The Morgan fingerprint density at radius 2 is 2.44 bits per heavy atom. The van der Waals surface area contributed by atoms with Crippen molar-refractivity contribution in [3.05, 3.63) is 29.0 Å². The maximum atomic E-state index is 11.9. The highest BCUT2D eigenvalue weighted by molar-refractivity contribution is 6.30. The van der Waals surface area contributed by atoms with E-state index in [4.69, 9.17) is 16.3 Å². The number of amides is 1. The molecule has 2 fully saturated rings. The number of fused-ring (bicyclic) bond motifs is 2. The lowest BCUT2D eigenvalue weighted by atomic mass is 9.89. The summed E-state index contributed by atoms with van der Waals surface area (Å²) in [6, 6.07) is 3.23. The summed E-state index contributed by atoms with van der Waals surface area (Å²) in [4.78, 5) is 15.9. The van der Waals surface area contributed by atoms with Gasteiger partial charge in [-0.15, -0.1) is 0 Å². The SMILES string of the molecule is O=C(NCC1CC2CCC1O2)c1cc(Cl)ccn1. The topological polar surface area (TPSA) is 51.2 Å². The summed E-state index contributed by atoms with van der Waals surface area (Å²) >= 11 is 5.83. The average molecular weight is 267 g/mol. The number of hydrogen-bond acceptors (Lipinski definition) is 3. The second-order valence-electron chi connectivity index (χ2n) is 4.94. The zero-order valence-corrected chi connectivity index (χ0v) is 10.7. The Bertz CT molecular complexity index is 466. The Kier molecular flexibility index (Phi) is 3.22. The first kappa shape index (κ1) is 11.9. The molecule has 0 aliphatic carbocycles. The van der Waals surface area contributed by atoms with Crippen LogP contribution in [-0.2, 0) is 4.74 Å². The first-order valence-corrected chi connectivity index (χ1v) is 6.65. The molecular formula is C13H15ClN2O2. The van der Waals surface area contributed by atoms with Crippen molar-refractivity contribution in [2.45, 2.75) is 31.5 Å². The van der Waals surface area contributed by atoms with Gasteiger partial charge in [-0.05, 0) is 31.4 Å². The van der Waals surface area contributed by atoms with Crippen molar-refractivity contribution < 1.29 is 9.53 Å². The predicted molar refractivity (Wildman–Crippen MR) is 67.6 cm³/mol. The average Bonchev–Trinajstić information content (AvgIpc) is 2.98. The van der Waals surface area contributed by atoms with E-state index in [1.807, 2.05) is 0 Å². The zero-order chi connectivity index (χ0) is 12.5. The van der Waals surface area contributed by atoms with Gasteiger partial charge in [-0.3, -0.25) is 9.78 Å². The summed E-state index contributed by atoms with van der Waals surface area (Å²) in [7, 11) is 0. The number of carbonyl (C=O) groups excluding carboxylic acids is 1. The summed E-state index contributed by atoms with van der Waals surface area (Å²) in [6.07, 6.45) is 5.65. The number of aromatic nitrogens is 1. The molecule has 2 aliphatic rings. The molecule has 0 radical (unpaired) electrons. The van der Waals surface area contributed by atoms with Crippen molar-refractivity contribution >= 4 is 17.5 Å². The molecule has 1 aromatic heterocycles. The van der Waals surface area contributed by atoms with E-state index in [2.05, 4.69) is 10.3 Å². The summed E-state index contributed by atoms with van der Waals surface area (Å²) in [5, 5.41) is 3.44. The van der Waals surface area contributed by atoms with E-state index in [0.717, 1.165) is 12.8 Å². The van der Waals surface area contributed by atoms with Gasteiger partial charge in [0.15, 0.2) is 0 Å². The largest absolute Gasteiger partial charge is 0.375 e. The molecular weight excluding hydrogens is 252 g/mol. The first-order chi connectivity index (χ1) is 8.72. The van der Waals surface area contributed by atoms with Gasteiger partial charge in [0.05, 0.1) is 12.2 Å². The van der Waals surface area contributed by atoms with E-state index < -0.39 is 0 Å². The molecule has 0 saturated carbocycles. The molecule has 1 amide bonds. The number of halogens is 1. The van der Waals surface area contributed by atoms with Gasteiger partial charge in [0.1, 0.15) is 5.69 Å². The molecule has 3 heterocycles. The van der Waals surface area contributed by atoms with Crippen molar-refractivity contribution in [3.8, 4) is 0 Å². The van der Waals surface area contributed by atoms with Crippen LogP contribution in [0, 0.1) is 5.92 Å². The third-order valence-corrected chi connectivity index (χ3v) is 3.95. The van der Waals surface area contributed by atoms with Crippen LogP contribution < -0.4 is 5.32 Å². The van der Waals surface area contributed by atoms with Crippen LogP contribution in [0.25, 0.3) is 0 Å². The fraction of sp³-hybridized carbons (Fsp3) is 0.538. The highest BCUT2D eigenvalue weighted by Gasteiger charge is 2.40. The van der Waals surface area contributed by atoms with Crippen LogP contribution in [0.5, 0.6) is 0 Å². The minimum absolute atomic E-state index is 0.166. The number of hydrogen-bond donors (Lipinski definition) is 1. The number of carbonyl (C=O) groups is 1. The van der Waals surface area contributed by atoms with Gasteiger partial charge in [-0.2, -0.15) is 0 Å². The van der Waals surface area contributed by atoms with Gasteiger partial charge >= 0.3 is 0 Å². The molecule has 96 valence electrons. The van der Waals surface area contributed by atoms with Crippen molar-refractivity contribution in [2.75, 3.05) is 6.54 Å². The lowest BCUT2D eigenvalue weighted by Gasteiger charge is -2.18. The van der Waals surface area contributed by atoms with Gasteiger partial charge in [-0.25, -0.2) is 0 Å². The predicted octanol–water partition coefficient (Wildman–Crippen LogP) is 2.03. The molecule has 5 heteroatoms. The standard InChI is InChI=1S/C13H15ClN2O2/c14-9-3-4-15-11(6-9)13(17)16-7-8-5-10-1-2-12(8)18-10/h3-4,6,8,10,12H,1-2,5,7H2,(H,16,17). The van der Waals surface area contributed by atoms with Crippen molar-refractivity contribution in [1.82, 2.24) is 10.3 Å². The summed E-state index contributed by atoms with van der Waals surface area (Å²) in [6.45, 7) is 0.661. The highest BCUT2D eigenvalue weighted by atomic mass is 35.5. The monoisotopic (exact) mass is 266 g/mol. The molecule has 18 heavy (non-hydrogen) atoms. The molecule has 3 rings (SSSR count). The van der Waals surface area contributed by atoms with Gasteiger partial charge in [0.25, 0.3) is 5.91 Å². The van der Waals surface area contributed by atoms with Gasteiger partial charge in [-0.1, -0.05) is 11.6 Å². The number of ether oxygens (including phenoxy) is 1. The van der Waals surface area contributed by atoms with Crippen LogP contribution in [0.15, 0.2) is 18.3 Å². The van der Waals surface area contributed by atoms with E-state index in [0.29, 0.717) is 35.4 Å². The summed E-state index contributed by atoms with van der Waals surface area (Å²) < 4.78 is 5.75. The lowest BCUT2D eigenvalue weighted by Crippen LogP contribution is -2.33. The maximum Gasteiger partial charge on any atom is 0.269 e. The van der Waals surface area contributed by atoms with Crippen LogP contribution in [0.1, 0.15) is 29.8 Å². The Morgan fingerprint density at radius 1 is 1.56 bits per heavy atom. The fourth-order valence-electron chi connectivity index (χ4n) is 2.80. The third kappa shape index (κ3) is 2.35. The second-order valence-corrected chi connectivity index (χ2v) is 5.38. The Hall–Kier alpha value is -1.13. The maximum absolute atomic E-state index is 11.9. The zero-order valence-electron chi connectivity index (χ0n) is 9.93. The minimum Gasteiger partial charge on any atom is -0.375 e. The molecule has 0 spiro atoms. The number of pyridine rings is 1. The summed E-state index contributed by atoms with van der Waals surface area (Å²) in [5.74, 6) is 0.284. The highest BCUT2D eigenvalue weighted by Crippen LogP contribution is 2.38. The minimum atomic E-state index is -0.166. The fourth-order valence-corrected chi connectivity index (χ4v) is 2.96. The molecule has 2 bridgehead atoms. The molecule has 1 N–H and O–H groups in total. The smallest absolute Gasteiger partial charge is 0.269 e. The van der Waals surface area contributed by atoms with Gasteiger partial charge in [0, 0.05) is 23.7 Å². The van der Waals surface area contributed by atoms with Crippen molar-refractivity contribution in [1.29, 1.82) is 0 Å². The molecule has 2 saturated heterocycles. The Labute approximate surface area is 111 Å².